The minimum atomic E-state index is 0.0525. The number of fused-ring (bicyclic) bond motifs is 1. The van der Waals surface area contributed by atoms with Crippen LogP contribution in [-0.2, 0) is 11.3 Å². The molecule has 2 aromatic rings. The first-order valence-electron chi connectivity index (χ1n) is 9.62. The third kappa shape index (κ3) is 4.66. The van der Waals surface area contributed by atoms with E-state index in [1.165, 1.54) is 10.5 Å². The van der Waals surface area contributed by atoms with Crippen molar-refractivity contribution >= 4 is 23.6 Å². The monoisotopic (exact) mass is 399 g/mol. The lowest BCUT2D eigenvalue weighted by atomic mass is 10.1. The lowest BCUT2D eigenvalue weighted by Crippen LogP contribution is -3.13. The highest BCUT2D eigenvalue weighted by Gasteiger charge is 2.22. The molecule has 6 heteroatoms. The van der Waals surface area contributed by atoms with Gasteiger partial charge in [-0.15, -0.1) is 0 Å². The standard InChI is InChI=1S/C22H23ClN2O3/c23-19-3-1-2-18(14-19)16-24-8-10-25(11-9-24)22(26)7-5-17-4-6-20-21(15-17)28-13-12-27-20/h1-7,14-15H,8-13,16H2/p+1/b7-5+. The molecule has 0 atom stereocenters. The molecule has 2 aromatic carbocycles. The number of nitrogens with zero attached hydrogens (tertiary/aromatic N) is 1. The minimum Gasteiger partial charge on any atom is -0.486 e. The molecule has 0 bridgehead atoms. The summed E-state index contributed by atoms with van der Waals surface area (Å²) in [5.74, 6) is 1.55. The molecule has 1 amide bonds. The Kier molecular flexibility index (Phi) is 5.84. The molecule has 1 fully saturated rings. The summed E-state index contributed by atoms with van der Waals surface area (Å²) >= 11 is 6.07. The van der Waals surface area contributed by atoms with Crippen LogP contribution in [0.4, 0.5) is 0 Å². The minimum absolute atomic E-state index is 0.0525. The van der Waals surface area contributed by atoms with Gasteiger partial charge in [-0.3, -0.25) is 4.79 Å². The van der Waals surface area contributed by atoms with Crippen LogP contribution >= 0.6 is 11.6 Å². The number of hydrogen-bond donors (Lipinski definition) is 1. The average Bonchev–Trinajstić information content (AvgIpc) is 2.72. The van der Waals surface area contributed by atoms with Gasteiger partial charge in [0.15, 0.2) is 11.5 Å². The fourth-order valence-electron chi connectivity index (χ4n) is 3.59. The average molecular weight is 400 g/mol. The summed E-state index contributed by atoms with van der Waals surface area (Å²) in [7, 11) is 0. The Bertz CT molecular complexity index is 876. The summed E-state index contributed by atoms with van der Waals surface area (Å²) in [6.45, 7) is 5.48. The number of piperazine rings is 1. The molecule has 2 aliphatic heterocycles. The van der Waals surface area contributed by atoms with E-state index >= 15 is 0 Å². The van der Waals surface area contributed by atoms with Gasteiger partial charge in [0.1, 0.15) is 19.8 Å². The molecule has 0 unspecified atom stereocenters. The van der Waals surface area contributed by atoms with Gasteiger partial charge in [0.05, 0.1) is 26.2 Å². The molecule has 0 spiro atoms. The van der Waals surface area contributed by atoms with Crippen LogP contribution in [0.1, 0.15) is 11.1 Å². The van der Waals surface area contributed by atoms with Crippen molar-refractivity contribution in [2.24, 2.45) is 0 Å². The van der Waals surface area contributed by atoms with Crippen LogP contribution < -0.4 is 14.4 Å². The Morgan fingerprint density at radius 2 is 1.86 bits per heavy atom. The van der Waals surface area contributed by atoms with E-state index in [0.29, 0.717) is 13.2 Å². The Morgan fingerprint density at radius 1 is 1.07 bits per heavy atom. The second-order valence-corrected chi connectivity index (χ2v) is 7.55. The van der Waals surface area contributed by atoms with Gasteiger partial charge < -0.3 is 19.3 Å². The highest BCUT2D eigenvalue weighted by Crippen LogP contribution is 2.31. The first kappa shape index (κ1) is 18.8. The number of halogens is 1. The highest BCUT2D eigenvalue weighted by molar-refractivity contribution is 6.30. The number of benzene rings is 2. The summed E-state index contributed by atoms with van der Waals surface area (Å²) in [4.78, 5) is 15.9. The number of hydrogen-bond acceptors (Lipinski definition) is 3. The molecular formula is C22H24ClN2O3+. The second kappa shape index (κ2) is 8.67. The van der Waals surface area contributed by atoms with Crippen molar-refractivity contribution in [1.82, 2.24) is 4.90 Å². The first-order chi connectivity index (χ1) is 13.7. The van der Waals surface area contributed by atoms with Gasteiger partial charge in [-0.1, -0.05) is 29.8 Å². The van der Waals surface area contributed by atoms with Gasteiger partial charge >= 0.3 is 0 Å². The quantitative estimate of drug-likeness (QED) is 0.800. The van der Waals surface area contributed by atoms with Gasteiger partial charge in [-0.2, -0.15) is 0 Å². The third-order valence-electron chi connectivity index (χ3n) is 5.11. The number of carbonyl (C=O) groups is 1. The van der Waals surface area contributed by atoms with Crippen LogP contribution in [-0.4, -0.2) is 50.2 Å². The first-order valence-corrected chi connectivity index (χ1v) is 10.00. The maximum atomic E-state index is 12.5. The summed E-state index contributed by atoms with van der Waals surface area (Å²) < 4.78 is 11.1. The van der Waals surface area contributed by atoms with Crippen molar-refractivity contribution in [2.45, 2.75) is 6.54 Å². The number of carbonyl (C=O) groups excluding carboxylic acids is 1. The molecule has 0 aliphatic carbocycles. The molecule has 4 rings (SSSR count). The zero-order chi connectivity index (χ0) is 19.3. The Labute approximate surface area is 170 Å². The van der Waals surface area contributed by atoms with Crippen molar-refractivity contribution < 1.29 is 19.2 Å². The summed E-state index contributed by atoms with van der Waals surface area (Å²) in [5.41, 5.74) is 2.17. The van der Waals surface area contributed by atoms with E-state index in [9.17, 15) is 4.79 Å². The number of rotatable bonds is 4. The van der Waals surface area contributed by atoms with E-state index in [1.807, 2.05) is 47.4 Å². The largest absolute Gasteiger partial charge is 0.486 e. The smallest absolute Gasteiger partial charge is 0.246 e. The van der Waals surface area contributed by atoms with Crippen molar-refractivity contribution in [3.8, 4) is 11.5 Å². The Morgan fingerprint density at radius 3 is 2.64 bits per heavy atom. The molecule has 1 N–H and O–H groups in total. The fraction of sp³-hybridized carbons (Fsp3) is 0.318. The number of quaternary nitrogens is 1. The van der Waals surface area contributed by atoms with E-state index in [2.05, 4.69) is 6.07 Å². The summed E-state index contributed by atoms with van der Waals surface area (Å²) in [6, 6.07) is 13.7. The summed E-state index contributed by atoms with van der Waals surface area (Å²) in [5, 5.41) is 0.773. The summed E-state index contributed by atoms with van der Waals surface area (Å²) in [6.07, 6.45) is 3.49. The predicted molar refractivity (Wildman–Crippen MR) is 109 cm³/mol. The van der Waals surface area contributed by atoms with Crippen LogP contribution in [0.25, 0.3) is 6.08 Å². The lowest BCUT2D eigenvalue weighted by molar-refractivity contribution is -0.917. The van der Waals surface area contributed by atoms with E-state index in [0.717, 1.165) is 54.8 Å². The molecule has 0 radical (unpaired) electrons. The second-order valence-electron chi connectivity index (χ2n) is 7.12. The van der Waals surface area contributed by atoms with Crippen molar-refractivity contribution in [3.05, 3.63) is 64.7 Å². The maximum Gasteiger partial charge on any atom is 0.246 e. The number of ether oxygens (including phenoxy) is 2. The van der Waals surface area contributed by atoms with Gasteiger partial charge in [0, 0.05) is 16.7 Å². The molecule has 0 aromatic heterocycles. The van der Waals surface area contributed by atoms with Crippen LogP contribution in [0, 0.1) is 0 Å². The van der Waals surface area contributed by atoms with Gasteiger partial charge in [0.2, 0.25) is 5.91 Å². The zero-order valence-electron chi connectivity index (χ0n) is 15.7. The topological polar surface area (TPSA) is 43.2 Å². The molecule has 1 saturated heterocycles. The molecule has 0 saturated carbocycles. The van der Waals surface area contributed by atoms with Crippen LogP contribution in [0.15, 0.2) is 48.5 Å². The third-order valence-corrected chi connectivity index (χ3v) is 5.35. The van der Waals surface area contributed by atoms with E-state index in [-0.39, 0.29) is 5.91 Å². The lowest BCUT2D eigenvalue weighted by Gasteiger charge is -2.31. The number of nitrogens with one attached hydrogen (secondary N) is 1. The Hall–Kier alpha value is -2.50. The van der Waals surface area contributed by atoms with Crippen LogP contribution in [0.3, 0.4) is 0 Å². The van der Waals surface area contributed by atoms with Gasteiger partial charge in [-0.05, 0) is 35.9 Å². The van der Waals surface area contributed by atoms with E-state index in [1.54, 1.807) is 6.08 Å². The number of amides is 1. The van der Waals surface area contributed by atoms with E-state index < -0.39 is 0 Å². The predicted octanol–water partition coefficient (Wildman–Crippen LogP) is 2.05. The SMILES string of the molecule is O=C(/C=C/c1ccc2c(c1)OCCO2)N1CC[NH+](Cc2cccc(Cl)c2)CC1. The van der Waals surface area contributed by atoms with E-state index in [4.69, 9.17) is 21.1 Å². The maximum absolute atomic E-state index is 12.5. The molecular weight excluding hydrogens is 376 g/mol. The van der Waals surface area contributed by atoms with Crippen molar-refractivity contribution in [3.63, 3.8) is 0 Å². The Balaban J connectivity index is 1.29. The van der Waals surface area contributed by atoms with Gasteiger partial charge in [0.25, 0.3) is 0 Å². The zero-order valence-corrected chi connectivity index (χ0v) is 16.5. The van der Waals surface area contributed by atoms with Gasteiger partial charge in [-0.25, -0.2) is 0 Å². The molecule has 28 heavy (non-hydrogen) atoms. The molecule has 2 heterocycles. The van der Waals surface area contributed by atoms with Crippen LogP contribution in [0.2, 0.25) is 5.02 Å². The normalized spacial score (nSPS) is 17.1. The van der Waals surface area contributed by atoms with Crippen LogP contribution in [0.5, 0.6) is 11.5 Å². The molecule has 5 nitrogen and oxygen atoms in total. The molecule has 2 aliphatic rings. The fourth-order valence-corrected chi connectivity index (χ4v) is 3.81. The van der Waals surface area contributed by atoms with Crippen molar-refractivity contribution in [1.29, 1.82) is 0 Å². The molecule has 146 valence electrons. The highest BCUT2D eigenvalue weighted by atomic mass is 35.5. The van der Waals surface area contributed by atoms with Crippen molar-refractivity contribution in [2.75, 3.05) is 39.4 Å².